The lowest BCUT2D eigenvalue weighted by atomic mass is 9.75. The van der Waals surface area contributed by atoms with Crippen LogP contribution in [-0.4, -0.2) is 64.6 Å². The second-order valence-corrected chi connectivity index (χ2v) is 12.5. The van der Waals surface area contributed by atoms with Crippen LogP contribution >= 0.6 is 22.7 Å². The molecule has 3 aromatic rings. The fourth-order valence-corrected chi connectivity index (χ4v) is 7.31. The second kappa shape index (κ2) is 12.7. The van der Waals surface area contributed by atoms with Crippen LogP contribution in [0, 0.1) is 11.8 Å². The molecule has 0 radical (unpaired) electrons. The van der Waals surface area contributed by atoms with Crippen molar-refractivity contribution in [3.05, 3.63) is 62.9 Å². The fraction of sp³-hybridized carbons (Fsp3) is 0.433. The Bertz CT molecular complexity index is 1310. The fourth-order valence-electron chi connectivity index (χ4n) is 5.77. The number of carbonyl (C=O) groups excluding carboxylic acids is 2. The third-order valence-corrected chi connectivity index (χ3v) is 9.64. The van der Waals surface area contributed by atoms with E-state index < -0.39 is 6.10 Å². The summed E-state index contributed by atoms with van der Waals surface area (Å²) in [5, 5.41) is 24.1. The Balaban J connectivity index is 1.43. The largest absolute Gasteiger partial charge is 0.394 e. The number of benzene rings is 1. The number of aliphatic hydroxyl groups is 2. The lowest BCUT2D eigenvalue weighted by Gasteiger charge is -2.37. The van der Waals surface area contributed by atoms with Crippen molar-refractivity contribution in [3.8, 4) is 10.4 Å². The molecule has 1 aromatic carbocycles. The minimum absolute atomic E-state index is 0.240. The normalized spacial score (nSPS) is 21.1. The number of amides is 1. The molecule has 206 valence electrons. The van der Waals surface area contributed by atoms with Gasteiger partial charge in [-0.3, -0.25) is 14.5 Å². The number of anilines is 1. The highest BCUT2D eigenvalue weighted by Gasteiger charge is 2.30. The number of thiophene rings is 1. The van der Waals surface area contributed by atoms with Gasteiger partial charge in [-0.1, -0.05) is 37.5 Å². The van der Waals surface area contributed by atoms with Crippen LogP contribution in [-0.2, 0) is 0 Å². The van der Waals surface area contributed by atoms with Crippen molar-refractivity contribution in [1.29, 1.82) is 0 Å². The van der Waals surface area contributed by atoms with Crippen molar-refractivity contribution in [3.63, 3.8) is 0 Å². The Morgan fingerprint density at radius 2 is 2.00 bits per heavy atom. The van der Waals surface area contributed by atoms with Crippen molar-refractivity contribution in [2.75, 3.05) is 31.6 Å². The Morgan fingerprint density at radius 1 is 1.23 bits per heavy atom. The number of thiazole rings is 1. The number of carbonyl (C=O) groups is 2. The van der Waals surface area contributed by atoms with Crippen molar-refractivity contribution in [2.24, 2.45) is 11.8 Å². The van der Waals surface area contributed by atoms with Crippen LogP contribution in [0.4, 0.5) is 5.69 Å². The van der Waals surface area contributed by atoms with E-state index in [1.54, 1.807) is 10.9 Å². The predicted molar refractivity (Wildman–Crippen MR) is 157 cm³/mol. The molecule has 1 unspecified atom stereocenters. The van der Waals surface area contributed by atoms with Crippen LogP contribution in [0.1, 0.15) is 64.8 Å². The molecule has 9 heteroatoms. The molecule has 0 spiro atoms. The Labute approximate surface area is 237 Å². The lowest BCUT2D eigenvalue weighted by molar-refractivity contribution is 0.0619. The van der Waals surface area contributed by atoms with Crippen molar-refractivity contribution < 1.29 is 19.8 Å². The summed E-state index contributed by atoms with van der Waals surface area (Å²) in [6.07, 6.45) is 5.93. The van der Waals surface area contributed by atoms with Crippen LogP contribution in [0.5, 0.6) is 0 Å². The molecular weight excluding hydrogens is 530 g/mol. The maximum absolute atomic E-state index is 12.3. The summed E-state index contributed by atoms with van der Waals surface area (Å²) in [6.45, 7) is 4.00. The van der Waals surface area contributed by atoms with Crippen LogP contribution < -0.4 is 5.32 Å². The highest BCUT2D eigenvalue weighted by molar-refractivity contribution is 7.17. The van der Waals surface area contributed by atoms with Gasteiger partial charge < -0.3 is 15.5 Å². The van der Waals surface area contributed by atoms with Gasteiger partial charge in [0.25, 0.3) is 5.91 Å². The molecule has 1 aliphatic carbocycles. The van der Waals surface area contributed by atoms with Crippen LogP contribution in [0.3, 0.4) is 0 Å². The zero-order valence-corrected chi connectivity index (χ0v) is 23.8. The standard InChI is InChI=1S/C30H35N3O4S2/c1-19-2-4-20(5-3-19)24-10-11-33(13-23(36)15-34)14-26(24)25-12-28(39-29(25)16-35)21-6-8-22(9-7-21)32-30(37)27-17-38-18-31-27/h6-9,12,16-20,23,34,36H,2-5,10-11,13-15H2,1H3,(H,32,37). The van der Waals surface area contributed by atoms with Gasteiger partial charge in [-0.2, -0.15) is 0 Å². The number of rotatable bonds is 9. The molecule has 7 nitrogen and oxygen atoms in total. The zero-order valence-electron chi connectivity index (χ0n) is 22.1. The summed E-state index contributed by atoms with van der Waals surface area (Å²) in [4.78, 5) is 32.6. The molecule has 3 heterocycles. The molecular formula is C30H35N3O4S2. The molecule has 5 rings (SSSR count). The predicted octanol–water partition coefficient (Wildman–Crippen LogP) is 5.58. The first-order valence-corrected chi connectivity index (χ1v) is 15.3. The van der Waals surface area contributed by atoms with E-state index in [0.29, 0.717) is 35.3 Å². The van der Waals surface area contributed by atoms with Gasteiger partial charge in [-0.15, -0.1) is 22.7 Å². The van der Waals surface area contributed by atoms with Crippen LogP contribution in [0.2, 0.25) is 0 Å². The van der Waals surface area contributed by atoms with Gasteiger partial charge in [-0.05, 0) is 60.4 Å². The van der Waals surface area contributed by atoms with Gasteiger partial charge in [0.05, 0.1) is 23.1 Å². The van der Waals surface area contributed by atoms with Gasteiger partial charge in [0.2, 0.25) is 0 Å². The minimum atomic E-state index is -0.776. The minimum Gasteiger partial charge on any atom is -0.394 e. The van der Waals surface area contributed by atoms with Gasteiger partial charge in [-0.25, -0.2) is 4.98 Å². The van der Waals surface area contributed by atoms with E-state index in [9.17, 15) is 19.8 Å². The molecule has 2 aliphatic rings. The number of hydrogen-bond acceptors (Lipinski definition) is 8. The number of hydrogen-bond donors (Lipinski definition) is 3. The molecule has 1 amide bonds. The van der Waals surface area contributed by atoms with E-state index in [1.807, 2.05) is 24.3 Å². The van der Waals surface area contributed by atoms with Crippen molar-refractivity contribution in [1.82, 2.24) is 9.88 Å². The molecule has 1 fully saturated rings. The summed E-state index contributed by atoms with van der Waals surface area (Å²) in [6, 6.07) is 9.79. The maximum atomic E-state index is 12.3. The van der Waals surface area contributed by atoms with Crippen LogP contribution in [0.15, 0.2) is 46.8 Å². The molecule has 1 saturated carbocycles. The molecule has 3 N–H and O–H groups in total. The number of β-amino-alcohol motifs (C(OH)–C–C–N with tert-alkyl or cyclic N) is 1. The van der Waals surface area contributed by atoms with E-state index in [0.717, 1.165) is 41.2 Å². The lowest BCUT2D eigenvalue weighted by Crippen LogP contribution is -2.39. The number of nitrogens with one attached hydrogen (secondary N) is 1. The number of aliphatic hydroxyl groups excluding tert-OH is 2. The summed E-state index contributed by atoms with van der Waals surface area (Å²) in [7, 11) is 0. The van der Waals surface area contributed by atoms with Crippen LogP contribution in [0.25, 0.3) is 16.0 Å². The smallest absolute Gasteiger partial charge is 0.275 e. The summed E-state index contributed by atoms with van der Waals surface area (Å²) in [5.41, 5.74) is 7.36. The summed E-state index contributed by atoms with van der Waals surface area (Å²) < 4.78 is 0. The molecule has 1 atom stereocenters. The van der Waals surface area contributed by atoms with E-state index in [4.69, 9.17) is 0 Å². The third kappa shape index (κ3) is 6.56. The summed E-state index contributed by atoms with van der Waals surface area (Å²) in [5.74, 6) is 1.05. The third-order valence-electron chi connectivity index (χ3n) is 7.94. The molecule has 2 aromatic heterocycles. The van der Waals surface area contributed by atoms with Gasteiger partial charge in [0, 0.05) is 41.1 Å². The maximum Gasteiger partial charge on any atom is 0.275 e. The Morgan fingerprint density at radius 3 is 2.67 bits per heavy atom. The van der Waals surface area contributed by atoms with Gasteiger partial charge in [0.15, 0.2) is 6.29 Å². The Kier molecular flexibility index (Phi) is 9.04. The van der Waals surface area contributed by atoms with E-state index in [-0.39, 0.29) is 12.5 Å². The first-order valence-electron chi connectivity index (χ1n) is 13.6. The van der Waals surface area contributed by atoms with E-state index in [1.165, 1.54) is 59.5 Å². The first kappa shape index (κ1) is 27.9. The molecule has 39 heavy (non-hydrogen) atoms. The van der Waals surface area contributed by atoms with Crippen molar-refractivity contribution >= 4 is 46.1 Å². The van der Waals surface area contributed by atoms with E-state index in [2.05, 4.69) is 28.2 Å². The molecule has 0 saturated heterocycles. The quantitative estimate of drug-likeness (QED) is 0.293. The van der Waals surface area contributed by atoms with Crippen molar-refractivity contribution in [2.45, 2.75) is 45.1 Å². The SMILES string of the molecule is CC1CCC(C2=C(c3cc(-c4ccc(NC(=O)c5cscn5)cc4)sc3C=O)CN(CC(O)CO)CC2)CC1. The average molecular weight is 566 g/mol. The topological polar surface area (TPSA) is 103 Å². The summed E-state index contributed by atoms with van der Waals surface area (Å²) >= 11 is 2.87. The first-order chi connectivity index (χ1) is 18.9. The van der Waals surface area contributed by atoms with E-state index >= 15 is 0 Å². The highest BCUT2D eigenvalue weighted by atomic mass is 32.1. The van der Waals surface area contributed by atoms with Gasteiger partial charge >= 0.3 is 0 Å². The monoisotopic (exact) mass is 565 g/mol. The molecule has 1 aliphatic heterocycles. The second-order valence-electron chi connectivity index (χ2n) is 10.7. The molecule has 0 bridgehead atoms. The van der Waals surface area contributed by atoms with Gasteiger partial charge in [0.1, 0.15) is 5.69 Å². The number of aromatic nitrogens is 1. The Hall–Kier alpha value is -2.69. The highest BCUT2D eigenvalue weighted by Crippen LogP contribution is 2.43. The number of aldehydes is 1. The zero-order chi connectivity index (χ0) is 27.4. The number of nitrogens with zero attached hydrogens (tertiary/aromatic N) is 2. The average Bonchev–Trinajstić information content (AvgIpc) is 3.65.